The number of benzene rings is 2. The van der Waals surface area contributed by atoms with Crippen molar-refractivity contribution >= 4 is 28.1 Å². The molecule has 1 aliphatic rings. The van der Waals surface area contributed by atoms with E-state index in [2.05, 4.69) is 10.2 Å². The molecular weight excluding hydrogens is 380 g/mol. The Labute approximate surface area is 165 Å². The average Bonchev–Trinajstić information content (AvgIpc) is 3.03. The second-order valence-corrected chi connectivity index (χ2v) is 8.83. The molecule has 0 N–H and O–H groups in total. The first-order valence-corrected chi connectivity index (χ1v) is 10.5. The predicted molar refractivity (Wildman–Crippen MR) is 108 cm³/mol. The van der Waals surface area contributed by atoms with E-state index in [1.807, 2.05) is 66.9 Å². The van der Waals surface area contributed by atoms with Crippen molar-refractivity contribution < 1.29 is 4.21 Å². The van der Waals surface area contributed by atoms with Gasteiger partial charge in [-0.05, 0) is 18.2 Å². The summed E-state index contributed by atoms with van der Waals surface area (Å²) in [5.74, 6) is 1.68. The molecule has 0 aliphatic carbocycles. The monoisotopic (exact) mass is 398 g/mol. The van der Waals surface area contributed by atoms with E-state index in [4.69, 9.17) is 16.6 Å². The number of hydrogen-bond acceptors (Lipinski definition) is 4. The molecule has 4 rings (SSSR count). The second-order valence-electron chi connectivity index (χ2n) is 6.56. The SMILES string of the molecule is CC(C)S(=O)c1ccc2c(c1)C(c1ccccc1)=NCc1nnc(CCl)n1-2. The van der Waals surface area contributed by atoms with Crippen LogP contribution < -0.4 is 0 Å². The Morgan fingerprint density at radius 1 is 1.15 bits per heavy atom. The van der Waals surface area contributed by atoms with Gasteiger partial charge in [0, 0.05) is 21.3 Å². The third-order valence-electron chi connectivity index (χ3n) is 4.47. The van der Waals surface area contributed by atoms with Crippen LogP contribution >= 0.6 is 11.6 Å². The number of aromatic nitrogens is 3. The molecule has 0 bridgehead atoms. The van der Waals surface area contributed by atoms with E-state index >= 15 is 0 Å². The average molecular weight is 399 g/mol. The fourth-order valence-electron chi connectivity index (χ4n) is 3.20. The van der Waals surface area contributed by atoms with E-state index in [-0.39, 0.29) is 11.1 Å². The maximum absolute atomic E-state index is 12.7. The third-order valence-corrected chi connectivity index (χ3v) is 6.28. The maximum atomic E-state index is 12.7. The molecule has 0 saturated carbocycles. The van der Waals surface area contributed by atoms with Gasteiger partial charge in [0.05, 0.1) is 28.1 Å². The number of alkyl halides is 1. The van der Waals surface area contributed by atoms with Crippen LogP contribution in [0.15, 0.2) is 58.4 Å². The topological polar surface area (TPSA) is 60.1 Å². The van der Waals surface area contributed by atoms with Crippen molar-refractivity contribution in [2.45, 2.75) is 36.4 Å². The van der Waals surface area contributed by atoms with Gasteiger partial charge in [-0.1, -0.05) is 44.2 Å². The minimum Gasteiger partial charge on any atom is -0.280 e. The summed E-state index contributed by atoms with van der Waals surface area (Å²) < 4.78 is 14.7. The van der Waals surface area contributed by atoms with E-state index in [0.717, 1.165) is 33.2 Å². The Kier molecular flexibility index (Phi) is 4.93. The fourth-order valence-corrected chi connectivity index (χ4v) is 4.35. The quantitative estimate of drug-likeness (QED) is 0.627. The van der Waals surface area contributed by atoms with Crippen LogP contribution in [-0.4, -0.2) is 29.9 Å². The van der Waals surface area contributed by atoms with Crippen LogP contribution in [0.1, 0.15) is 36.6 Å². The van der Waals surface area contributed by atoms with Crippen molar-refractivity contribution in [3.8, 4) is 5.69 Å². The minimum absolute atomic E-state index is 0.0369. The van der Waals surface area contributed by atoms with Crippen LogP contribution in [0.3, 0.4) is 0 Å². The summed E-state index contributed by atoms with van der Waals surface area (Å²) in [7, 11) is -1.09. The predicted octanol–water partition coefficient (Wildman–Crippen LogP) is 3.87. The zero-order valence-corrected chi connectivity index (χ0v) is 16.7. The first-order valence-electron chi connectivity index (χ1n) is 8.74. The van der Waals surface area contributed by atoms with Crippen molar-refractivity contribution in [1.82, 2.24) is 14.8 Å². The summed E-state index contributed by atoms with van der Waals surface area (Å²) in [4.78, 5) is 5.61. The van der Waals surface area contributed by atoms with Crippen LogP contribution in [0, 0.1) is 0 Å². The molecule has 0 amide bonds. The Morgan fingerprint density at radius 3 is 2.63 bits per heavy atom. The molecule has 1 aromatic heterocycles. The van der Waals surface area contributed by atoms with Crippen molar-refractivity contribution in [3.63, 3.8) is 0 Å². The molecule has 0 fully saturated rings. The normalized spacial score (nSPS) is 14.3. The van der Waals surface area contributed by atoms with Crippen molar-refractivity contribution in [2.24, 2.45) is 4.99 Å². The minimum atomic E-state index is -1.09. The van der Waals surface area contributed by atoms with Crippen LogP contribution in [0.5, 0.6) is 0 Å². The first kappa shape index (κ1) is 18.1. The molecule has 2 heterocycles. The van der Waals surface area contributed by atoms with Gasteiger partial charge in [-0.25, -0.2) is 0 Å². The molecule has 1 unspecified atom stereocenters. The van der Waals surface area contributed by atoms with Gasteiger partial charge in [-0.15, -0.1) is 21.8 Å². The second kappa shape index (κ2) is 7.37. The molecule has 0 saturated heterocycles. The molecule has 5 nitrogen and oxygen atoms in total. The summed E-state index contributed by atoms with van der Waals surface area (Å²) in [5, 5.41) is 8.49. The van der Waals surface area contributed by atoms with E-state index in [9.17, 15) is 4.21 Å². The Hall–Kier alpha value is -2.31. The third kappa shape index (κ3) is 3.24. The highest BCUT2D eigenvalue weighted by atomic mass is 35.5. The largest absolute Gasteiger partial charge is 0.280 e. The zero-order chi connectivity index (χ0) is 19.0. The molecule has 27 heavy (non-hydrogen) atoms. The number of nitrogens with zero attached hydrogens (tertiary/aromatic N) is 4. The number of aliphatic imine (C=N–C) groups is 1. The molecule has 2 aromatic carbocycles. The lowest BCUT2D eigenvalue weighted by Crippen LogP contribution is -2.12. The van der Waals surface area contributed by atoms with Crippen molar-refractivity contribution in [3.05, 3.63) is 71.3 Å². The first-order chi connectivity index (χ1) is 13.1. The number of halogens is 1. The van der Waals surface area contributed by atoms with Gasteiger partial charge in [0.1, 0.15) is 6.54 Å². The lowest BCUT2D eigenvalue weighted by molar-refractivity contribution is 0.676. The van der Waals surface area contributed by atoms with Crippen LogP contribution in [0.25, 0.3) is 5.69 Å². The van der Waals surface area contributed by atoms with E-state index in [1.54, 1.807) is 0 Å². The lowest BCUT2D eigenvalue weighted by Gasteiger charge is -2.15. The Balaban J connectivity index is 1.97. The number of rotatable bonds is 4. The van der Waals surface area contributed by atoms with Crippen molar-refractivity contribution in [1.29, 1.82) is 0 Å². The Bertz CT molecular complexity index is 1040. The van der Waals surface area contributed by atoms with Gasteiger partial charge in [-0.3, -0.25) is 13.8 Å². The van der Waals surface area contributed by atoms with Crippen molar-refractivity contribution in [2.75, 3.05) is 0 Å². The molecule has 138 valence electrons. The van der Waals surface area contributed by atoms with Crippen LogP contribution in [-0.2, 0) is 23.2 Å². The lowest BCUT2D eigenvalue weighted by atomic mass is 10.0. The molecule has 7 heteroatoms. The molecule has 0 spiro atoms. The number of hydrogen-bond donors (Lipinski definition) is 0. The van der Waals surface area contributed by atoms with Gasteiger partial charge in [-0.2, -0.15) is 0 Å². The highest BCUT2D eigenvalue weighted by molar-refractivity contribution is 7.85. The van der Waals surface area contributed by atoms with Gasteiger partial charge >= 0.3 is 0 Å². The Morgan fingerprint density at radius 2 is 1.93 bits per heavy atom. The molecular formula is C20H19ClN4OS. The summed E-state index contributed by atoms with van der Waals surface area (Å²) in [6.07, 6.45) is 0. The van der Waals surface area contributed by atoms with Crippen LogP contribution in [0.2, 0.25) is 0 Å². The molecule has 1 aliphatic heterocycles. The van der Waals surface area contributed by atoms with E-state index in [0.29, 0.717) is 12.4 Å². The van der Waals surface area contributed by atoms with Gasteiger partial charge < -0.3 is 0 Å². The van der Waals surface area contributed by atoms with E-state index in [1.165, 1.54) is 0 Å². The standard InChI is InChI=1S/C20H19ClN4OS/c1-13(2)27(26)15-8-9-17-16(10-15)20(14-6-4-3-5-7-14)22-12-19-24-23-18(11-21)25(17)19/h3-10,13H,11-12H2,1-2H3. The zero-order valence-electron chi connectivity index (χ0n) is 15.1. The van der Waals surface area contributed by atoms with Crippen LogP contribution in [0.4, 0.5) is 0 Å². The summed E-state index contributed by atoms with van der Waals surface area (Å²) in [6, 6.07) is 15.9. The van der Waals surface area contributed by atoms with Gasteiger partial charge in [0.15, 0.2) is 11.6 Å². The summed E-state index contributed by atoms with van der Waals surface area (Å²) in [6.45, 7) is 4.32. The summed E-state index contributed by atoms with van der Waals surface area (Å²) in [5.41, 5.74) is 3.70. The maximum Gasteiger partial charge on any atom is 0.159 e. The highest BCUT2D eigenvalue weighted by Crippen LogP contribution is 2.28. The molecule has 3 aromatic rings. The number of fused-ring (bicyclic) bond motifs is 3. The smallest absolute Gasteiger partial charge is 0.159 e. The molecule has 1 atom stereocenters. The van der Waals surface area contributed by atoms with Gasteiger partial charge in [0.25, 0.3) is 0 Å². The fraction of sp³-hybridized carbons (Fsp3) is 0.250. The summed E-state index contributed by atoms with van der Waals surface area (Å²) >= 11 is 6.09. The molecule has 0 radical (unpaired) electrons. The van der Waals surface area contributed by atoms with E-state index < -0.39 is 10.8 Å². The van der Waals surface area contributed by atoms with Gasteiger partial charge in [0.2, 0.25) is 0 Å². The highest BCUT2D eigenvalue weighted by Gasteiger charge is 2.24.